The van der Waals surface area contributed by atoms with E-state index in [4.69, 9.17) is 9.47 Å². The summed E-state index contributed by atoms with van der Waals surface area (Å²) >= 11 is 0. The summed E-state index contributed by atoms with van der Waals surface area (Å²) in [6, 6.07) is 0. The SMILES string of the molecule is C1C[C@H]2OCCC2([C@@H]2CO2)C1. The minimum atomic E-state index is 0.472. The monoisotopic (exact) mass is 154 g/mol. The molecule has 0 aromatic rings. The quantitative estimate of drug-likeness (QED) is 0.532. The Labute approximate surface area is 66.9 Å². The number of epoxide rings is 1. The topological polar surface area (TPSA) is 21.8 Å². The van der Waals surface area contributed by atoms with Crippen LogP contribution in [0.2, 0.25) is 0 Å². The lowest BCUT2D eigenvalue weighted by molar-refractivity contribution is 0.0562. The van der Waals surface area contributed by atoms with Crippen LogP contribution in [0.1, 0.15) is 25.7 Å². The molecule has 3 aliphatic rings. The predicted molar refractivity (Wildman–Crippen MR) is 40.4 cm³/mol. The van der Waals surface area contributed by atoms with Crippen LogP contribution in [0.15, 0.2) is 0 Å². The Morgan fingerprint density at radius 2 is 2.00 bits per heavy atom. The predicted octanol–water partition coefficient (Wildman–Crippen LogP) is 1.34. The van der Waals surface area contributed by atoms with Crippen LogP contribution in [-0.2, 0) is 9.47 Å². The van der Waals surface area contributed by atoms with Crippen molar-refractivity contribution in [3.8, 4) is 0 Å². The summed E-state index contributed by atoms with van der Waals surface area (Å²) in [5.74, 6) is 0. The minimum absolute atomic E-state index is 0.472. The molecule has 0 aromatic heterocycles. The van der Waals surface area contributed by atoms with E-state index in [-0.39, 0.29) is 0 Å². The number of rotatable bonds is 1. The maximum atomic E-state index is 5.70. The highest BCUT2D eigenvalue weighted by Crippen LogP contribution is 2.53. The van der Waals surface area contributed by atoms with E-state index in [1.807, 2.05) is 0 Å². The molecule has 2 nitrogen and oxygen atoms in total. The second-order valence-corrected chi connectivity index (χ2v) is 4.06. The fourth-order valence-electron chi connectivity index (χ4n) is 2.90. The van der Waals surface area contributed by atoms with Crippen molar-refractivity contribution in [2.75, 3.05) is 13.2 Å². The maximum absolute atomic E-state index is 5.70. The first-order chi connectivity index (χ1) is 5.42. The molecule has 11 heavy (non-hydrogen) atoms. The van der Waals surface area contributed by atoms with E-state index in [9.17, 15) is 0 Å². The first-order valence-corrected chi connectivity index (χ1v) is 4.65. The van der Waals surface area contributed by atoms with E-state index >= 15 is 0 Å². The number of ether oxygens (including phenoxy) is 2. The molecule has 0 bridgehead atoms. The average molecular weight is 154 g/mol. The number of fused-ring (bicyclic) bond motifs is 1. The summed E-state index contributed by atoms with van der Waals surface area (Å²) in [5.41, 5.74) is 0.472. The summed E-state index contributed by atoms with van der Waals surface area (Å²) in [4.78, 5) is 0. The largest absolute Gasteiger partial charge is 0.378 e. The molecule has 2 saturated heterocycles. The molecule has 0 N–H and O–H groups in total. The van der Waals surface area contributed by atoms with Gasteiger partial charge in [-0.2, -0.15) is 0 Å². The molecule has 0 amide bonds. The lowest BCUT2D eigenvalue weighted by Crippen LogP contribution is -2.31. The Kier molecular flexibility index (Phi) is 1.16. The van der Waals surface area contributed by atoms with Crippen LogP contribution >= 0.6 is 0 Å². The molecule has 1 saturated carbocycles. The molecule has 2 aliphatic heterocycles. The van der Waals surface area contributed by atoms with Gasteiger partial charge in [-0.15, -0.1) is 0 Å². The molecular weight excluding hydrogens is 140 g/mol. The van der Waals surface area contributed by atoms with Gasteiger partial charge in [0.25, 0.3) is 0 Å². The smallest absolute Gasteiger partial charge is 0.0891 e. The summed E-state index contributed by atoms with van der Waals surface area (Å²) in [5, 5.41) is 0. The molecule has 1 aliphatic carbocycles. The van der Waals surface area contributed by atoms with Gasteiger partial charge in [0.1, 0.15) is 0 Å². The first-order valence-electron chi connectivity index (χ1n) is 4.65. The Hall–Kier alpha value is -0.0800. The van der Waals surface area contributed by atoms with Gasteiger partial charge >= 0.3 is 0 Å². The van der Waals surface area contributed by atoms with Crippen LogP contribution in [-0.4, -0.2) is 25.4 Å². The average Bonchev–Trinajstić information content (AvgIpc) is 2.63. The highest BCUT2D eigenvalue weighted by molar-refractivity contribution is 5.05. The summed E-state index contributed by atoms with van der Waals surface area (Å²) in [6.07, 6.45) is 6.35. The third-order valence-corrected chi connectivity index (χ3v) is 3.61. The third kappa shape index (κ3) is 0.744. The molecule has 1 unspecified atom stereocenters. The van der Waals surface area contributed by atoms with Crippen LogP contribution in [0.5, 0.6) is 0 Å². The molecule has 3 fully saturated rings. The molecular formula is C9H14O2. The second kappa shape index (κ2) is 1.99. The molecule has 2 heterocycles. The van der Waals surface area contributed by atoms with E-state index in [0.717, 1.165) is 13.2 Å². The van der Waals surface area contributed by atoms with Gasteiger partial charge in [0.2, 0.25) is 0 Å². The van der Waals surface area contributed by atoms with Crippen molar-refractivity contribution in [2.24, 2.45) is 5.41 Å². The zero-order valence-electron chi connectivity index (χ0n) is 6.71. The van der Waals surface area contributed by atoms with Crippen molar-refractivity contribution in [1.82, 2.24) is 0 Å². The van der Waals surface area contributed by atoms with E-state index in [1.54, 1.807) is 0 Å². The molecule has 0 aromatic carbocycles. The highest BCUT2D eigenvalue weighted by Gasteiger charge is 2.57. The Morgan fingerprint density at radius 3 is 2.82 bits per heavy atom. The van der Waals surface area contributed by atoms with Gasteiger partial charge in [0.15, 0.2) is 0 Å². The number of hydrogen-bond acceptors (Lipinski definition) is 2. The highest BCUT2D eigenvalue weighted by atomic mass is 16.6. The number of hydrogen-bond donors (Lipinski definition) is 0. The van der Waals surface area contributed by atoms with Gasteiger partial charge in [-0.3, -0.25) is 0 Å². The van der Waals surface area contributed by atoms with Crippen LogP contribution < -0.4 is 0 Å². The van der Waals surface area contributed by atoms with Crippen LogP contribution in [0.25, 0.3) is 0 Å². The van der Waals surface area contributed by atoms with E-state index < -0.39 is 0 Å². The zero-order chi connectivity index (χ0) is 7.31. The van der Waals surface area contributed by atoms with Gasteiger partial charge in [0, 0.05) is 12.0 Å². The summed E-state index contributed by atoms with van der Waals surface area (Å²) < 4.78 is 11.1. The van der Waals surface area contributed by atoms with Gasteiger partial charge in [-0.05, 0) is 19.3 Å². The lowest BCUT2D eigenvalue weighted by Gasteiger charge is -2.24. The van der Waals surface area contributed by atoms with Gasteiger partial charge in [0.05, 0.1) is 18.8 Å². The van der Waals surface area contributed by atoms with Crippen LogP contribution in [0.3, 0.4) is 0 Å². The Morgan fingerprint density at radius 1 is 1.09 bits per heavy atom. The van der Waals surface area contributed by atoms with Gasteiger partial charge < -0.3 is 9.47 Å². The van der Waals surface area contributed by atoms with Crippen LogP contribution in [0, 0.1) is 5.41 Å². The second-order valence-electron chi connectivity index (χ2n) is 4.06. The van der Waals surface area contributed by atoms with Crippen molar-refractivity contribution in [1.29, 1.82) is 0 Å². The van der Waals surface area contributed by atoms with E-state index in [2.05, 4.69) is 0 Å². The van der Waals surface area contributed by atoms with Crippen molar-refractivity contribution in [2.45, 2.75) is 37.9 Å². The molecule has 0 radical (unpaired) electrons. The molecule has 2 heteroatoms. The van der Waals surface area contributed by atoms with Crippen molar-refractivity contribution >= 4 is 0 Å². The fraction of sp³-hybridized carbons (Fsp3) is 1.00. The van der Waals surface area contributed by atoms with E-state index in [0.29, 0.717) is 17.6 Å². The zero-order valence-corrected chi connectivity index (χ0v) is 6.71. The Balaban J connectivity index is 1.90. The summed E-state index contributed by atoms with van der Waals surface area (Å²) in [6.45, 7) is 1.98. The van der Waals surface area contributed by atoms with Crippen LogP contribution in [0.4, 0.5) is 0 Å². The van der Waals surface area contributed by atoms with Gasteiger partial charge in [-0.1, -0.05) is 6.42 Å². The Bertz CT molecular complexity index is 164. The van der Waals surface area contributed by atoms with Crippen molar-refractivity contribution < 1.29 is 9.47 Å². The van der Waals surface area contributed by atoms with Crippen molar-refractivity contribution in [3.05, 3.63) is 0 Å². The van der Waals surface area contributed by atoms with E-state index in [1.165, 1.54) is 25.7 Å². The van der Waals surface area contributed by atoms with Crippen molar-refractivity contribution in [3.63, 3.8) is 0 Å². The maximum Gasteiger partial charge on any atom is 0.0891 e. The first kappa shape index (κ1) is 6.44. The minimum Gasteiger partial charge on any atom is -0.378 e. The molecule has 0 spiro atoms. The third-order valence-electron chi connectivity index (χ3n) is 3.61. The van der Waals surface area contributed by atoms with Gasteiger partial charge in [-0.25, -0.2) is 0 Å². The lowest BCUT2D eigenvalue weighted by atomic mass is 9.80. The molecule has 3 atom stereocenters. The molecule has 62 valence electrons. The fourth-order valence-corrected chi connectivity index (χ4v) is 2.90. The standard InChI is InChI=1S/C9H14O2/c1-2-7-9(3-1,4-5-10-7)8-6-11-8/h7-8H,1-6H2/t7-,8+,9?/m1/s1. The molecule has 3 rings (SSSR count). The summed E-state index contributed by atoms with van der Waals surface area (Å²) in [7, 11) is 0. The normalized spacial score (nSPS) is 54.5.